The molecule has 1 amide bonds. The van der Waals surface area contributed by atoms with E-state index in [1.807, 2.05) is 37.3 Å². The number of rotatable bonds is 3. The smallest absolute Gasteiger partial charge is 0.344 e. The van der Waals surface area contributed by atoms with Gasteiger partial charge in [0.05, 0.1) is 15.6 Å². The van der Waals surface area contributed by atoms with E-state index in [-0.39, 0.29) is 10.1 Å². The van der Waals surface area contributed by atoms with Gasteiger partial charge in [-0.3, -0.25) is 10.1 Å². The molecule has 1 heterocycles. The van der Waals surface area contributed by atoms with Crippen molar-refractivity contribution >= 4 is 63.1 Å². The van der Waals surface area contributed by atoms with E-state index in [1.54, 1.807) is 24.3 Å². The molecule has 0 bridgehead atoms. The highest BCUT2D eigenvalue weighted by atomic mass is 35.5. The molecule has 0 spiro atoms. The number of aryl methyl sites for hydroxylation is 1. The number of nitrogens with one attached hydrogen (secondary N) is 2. The summed E-state index contributed by atoms with van der Waals surface area (Å²) in [6.45, 7) is 1.89. The molecule has 0 atom stereocenters. The Bertz CT molecular complexity index is 1430. The van der Waals surface area contributed by atoms with Gasteiger partial charge in [-0.05, 0) is 66.7 Å². The minimum absolute atomic E-state index is 0.104. The van der Waals surface area contributed by atoms with Crippen molar-refractivity contribution in [3.05, 3.63) is 98.3 Å². The van der Waals surface area contributed by atoms with Crippen LogP contribution in [0.25, 0.3) is 22.1 Å². The Labute approximate surface area is 199 Å². The number of fused-ring (bicyclic) bond motifs is 1. The van der Waals surface area contributed by atoms with Gasteiger partial charge in [0.15, 0.2) is 5.11 Å². The molecule has 160 valence electrons. The standard InChI is InChI=1S/C24H16Cl2N2O3S/c1-13-6-7-14(17-10-15-4-2-3-5-21(15)31-23(17)30)12-20(13)27-24(32)28-22(29)16-8-9-18(25)19(26)11-16/h2-12H,1H3,(H2,27,28,29,32). The average molecular weight is 483 g/mol. The molecule has 0 aliphatic carbocycles. The zero-order valence-corrected chi connectivity index (χ0v) is 19.1. The fourth-order valence-corrected chi connectivity index (χ4v) is 3.65. The first-order valence-electron chi connectivity index (χ1n) is 9.53. The van der Waals surface area contributed by atoms with E-state index in [9.17, 15) is 9.59 Å². The van der Waals surface area contributed by atoms with Crippen LogP contribution in [-0.2, 0) is 0 Å². The molecule has 0 aliphatic rings. The molecule has 0 unspecified atom stereocenters. The predicted octanol–water partition coefficient (Wildman–Crippen LogP) is 6.20. The molecule has 3 aromatic carbocycles. The lowest BCUT2D eigenvalue weighted by Gasteiger charge is -2.13. The summed E-state index contributed by atoms with van der Waals surface area (Å²) in [4.78, 5) is 25.0. The lowest BCUT2D eigenvalue weighted by Crippen LogP contribution is -2.34. The summed E-state index contributed by atoms with van der Waals surface area (Å²) in [5, 5.41) is 7.18. The monoisotopic (exact) mass is 482 g/mol. The van der Waals surface area contributed by atoms with Gasteiger partial charge in [0, 0.05) is 16.6 Å². The lowest BCUT2D eigenvalue weighted by atomic mass is 10.0. The Morgan fingerprint density at radius 1 is 0.969 bits per heavy atom. The Hall–Kier alpha value is -3.19. The molecule has 5 nitrogen and oxygen atoms in total. The maximum atomic E-state index is 12.5. The van der Waals surface area contributed by atoms with Gasteiger partial charge in [0.2, 0.25) is 0 Å². The zero-order valence-electron chi connectivity index (χ0n) is 16.7. The molecule has 4 aromatic rings. The summed E-state index contributed by atoms with van der Waals surface area (Å²) in [5.74, 6) is -0.426. The number of thiocarbonyl (C=S) groups is 1. The number of carbonyl (C=O) groups excluding carboxylic acids is 1. The number of hydrogen-bond donors (Lipinski definition) is 2. The van der Waals surface area contributed by atoms with Gasteiger partial charge >= 0.3 is 5.63 Å². The van der Waals surface area contributed by atoms with Gasteiger partial charge in [-0.25, -0.2) is 4.79 Å². The highest BCUT2D eigenvalue weighted by Gasteiger charge is 2.13. The quantitative estimate of drug-likeness (QED) is 0.268. The van der Waals surface area contributed by atoms with Gasteiger partial charge in [0.25, 0.3) is 5.91 Å². The normalized spacial score (nSPS) is 10.7. The number of halogens is 2. The zero-order chi connectivity index (χ0) is 22.8. The fourth-order valence-electron chi connectivity index (χ4n) is 3.15. The van der Waals surface area contributed by atoms with Gasteiger partial charge in [-0.1, -0.05) is 53.5 Å². The number of benzene rings is 3. The summed E-state index contributed by atoms with van der Waals surface area (Å²) in [6, 6.07) is 19.1. The van der Waals surface area contributed by atoms with Crippen LogP contribution < -0.4 is 16.3 Å². The molecule has 2 N–H and O–H groups in total. The van der Waals surface area contributed by atoms with Crippen LogP contribution in [0.3, 0.4) is 0 Å². The molecular weight excluding hydrogens is 467 g/mol. The van der Waals surface area contributed by atoms with Crippen molar-refractivity contribution in [3.8, 4) is 11.1 Å². The van der Waals surface area contributed by atoms with Gasteiger partial charge in [0.1, 0.15) is 5.58 Å². The molecule has 0 fully saturated rings. The number of anilines is 1. The van der Waals surface area contributed by atoms with Gasteiger partial charge in [-0.15, -0.1) is 0 Å². The van der Waals surface area contributed by atoms with E-state index < -0.39 is 11.5 Å². The molecule has 8 heteroatoms. The fraction of sp³-hybridized carbons (Fsp3) is 0.0417. The largest absolute Gasteiger partial charge is 0.422 e. The summed E-state index contributed by atoms with van der Waals surface area (Å²) in [5.41, 5.74) is 3.03. The average Bonchev–Trinajstić information content (AvgIpc) is 2.76. The minimum atomic E-state index is -0.436. The Balaban J connectivity index is 1.57. The molecular formula is C24H16Cl2N2O3S. The number of amides is 1. The second-order valence-corrected chi connectivity index (χ2v) is 8.27. The molecule has 0 radical (unpaired) electrons. The number of carbonyl (C=O) groups is 1. The molecule has 1 aromatic heterocycles. The summed E-state index contributed by atoms with van der Waals surface area (Å²) < 4.78 is 5.44. The van der Waals surface area contributed by atoms with Crippen molar-refractivity contribution in [3.63, 3.8) is 0 Å². The lowest BCUT2D eigenvalue weighted by molar-refractivity contribution is 0.0977. The maximum Gasteiger partial charge on any atom is 0.344 e. The van der Waals surface area contributed by atoms with Crippen molar-refractivity contribution in [1.29, 1.82) is 0 Å². The SMILES string of the molecule is Cc1ccc(-c2cc3ccccc3oc2=O)cc1NC(=S)NC(=O)c1ccc(Cl)c(Cl)c1. The highest BCUT2D eigenvalue weighted by Crippen LogP contribution is 2.26. The second-order valence-electron chi connectivity index (χ2n) is 7.05. The highest BCUT2D eigenvalue weighted by molar-refractivity contribution is 7.80. The number of hydrogen-bond acceptors (Lipinski definition) is 4. The van der Waals surface area contributed by atoms with E-state index in [4.69, 9.17) is 39.8 Å². The van der Waals surface area contributed by atoms with Crippen molar-refractivity contribution in [2.75, 3.05) is 5.32 Å². The summed E-state index contributed by atoms with van der Waals surface area (Å²) in [6.07, 6.45) is 0. The van der Waals surface area contributed by atoms with Crippen LogP contribution in [0.5, 0.6) is 0 Å². The van der Waals surface area contributed by atoms with Crippen molar-refractivity contribution in [1.82, 2.24) is 5.32 Å². The molecule has 0 saturated heterocycles. The molecule has 32 heavy (non-hydrogen) atoms. The third kappa shape index (κ3) is 4.67. The van der Waals surface area contributed by atoms with Crippen LogP contribution >= 0.6 is 35.4 Å². The van der Waals surface area contributed by atoms with Crippen LogP contribution in [0.15, 0.2) is 75.9 Å². The van der Waals surface area contributed by atoms with Crippen LogP contribution in [-0.4, -0.2) is 11.0 Å². The molecule has 4 rings (SSSR count). The van der Waals surface area contributed by atoms with E-state index in [0.717, 1.165) is 10.9 Å². The molecule has 0 saturated carbocycles. The minimum Gasteiger partial charge on any atom is -0.422 e. The summed E-state index contributed by atoms with van der Waals surface area (Å²) >= 11 is 17.2. The Morgan fingerprint density at radius 3 is 2.53 bits per heavy atom. The summed E-state index contributed by atoms with van der Waals surface area (Å²) in [7, 11) is 0. The maximum absolute atomic E-state index is 12.5. The first kappa shape index (κ1) is 22.0. The number of para-hydroxylation sites is 1. The van der Waals surface area contributed by atoms with Gasteiger partial charge in [-0.2, -0.15) is 0 Å². The van der Waals surface area contributed by atoms with E-state index in [2.05, 4.69) is 10.6 Å². The molecule has 0 aliphatic heterocycles. The third-order valence-electron chi connectivity index (χ3n) is 4.85. The van der Waals surface area contributed by atoms with Crippen LogP contribution in [0, 0.1) is 6.92 Å². The van der Waals surface area contributed by atoms with Crippen molar-refractivity contribution in [2.45, 2.75) is 6.92 Å². The first-order valence-corrected chi connectivity index (χ1v) is 10.7. The first-order chi connectivity index (χ1) is 15.3. The topological polar surface area (TPSA) is 71.3 Å². The van der Waals surface area contributed by atoms with Crippen LogP contribution in [0.1, 0.15) is 15.9 Å². The van der Waals surface area contributed by atoms with Crippen molar-refractivity contribution in [2.24, 2.45) is 0 Å². The van der Waals surface area contributed by atoms with E-state index in [0.29, 0.717) is 33.0 Å². The Kier molecular flexibility index (Phi) is 6.28. The van der Waals surface area contributed by atoms with Crippen LogP contribution in [0.4, 0.5) is 5.69 Å². The van der Waals surface area contributed by atoms with Gasteiger partial charge < -0.3 is 9.73 Å². The van der Waals surface area contributed by atoms with E-state index in [1.165, 1.54) is 12.1 Å². The van der Waals surface area contributed by atoms with Crippen molar-refractivity contribution < 1.29 is 9.21 Å². The third-order valence-corrected chi connectivity index (χ3v) is 5.79. The Morgan fingerprint density at radius 2 is 1.75 bits per heavy atom. The predicted molar refractivity (Wildman–Crippen MR) is 133 cm³/mol. The van der Waals surface area contributed by atoms with Crippen LogP contribution in [0.2, 0.25) is 10.0 Å². The second kappa shape index (κ2) is 9.12. The van der Waals surface area contributed by atoms with E-state index >= 15 is 0 Å².